The van der Waals surface area contributed by atoms with Crippen molar-refractivity contribution in [2.24, 2.45) is 11.8 Å². The van der Waals surface area contributed by atoms with E-state index in [1.807, 2.05) is 32.0 Å². The molecule has 28 heavy (non-hydrogen) atoms. The number of hydrogen-bond donors (Lipinski definition) is 1. The van der Waals surface area contributed by atoms with E-state index < -0.39 is 0 Å². The molecule has 3 rings (SSSR count). The summed E-state index contributed by atoms with van der Waals surface area (Å²) < 4.78 is 0.748. The van der Waals surface area contributed by atoms with Gasteiger partial charge in [-0.1, -0.05) is 43.9 Å². The monoisotopic (exact) mass is 385 g/mol. The van der Waals surface area contributed by atoms with Gasteiger partial charge in [0.15, 0.2) is 6.54 Å². The predicted molar refractivity (Wildman–Crippen MR) is 114 cm³/mol. The van der Waals surface area contributed by atoms with Gasteiger partial charge in [0.2, 0.25) is 0 Å². The van der Waals surface area contributed by atoms with Crippen LogP contribution in [-0.2, 0) is 9.59 Å². The zero-order chi connectivity index (χ0) is 20.1. The maximum absolute atomic E-state index is 12.9. The van der Waals surface area contributed by atoms with Gasteiger partial charge >= 0.3 is 0 Å². The molecule has 1 aromatic carbocycles. The fraction of sp³-hybridized carbons (Fsp3) is 0.667. The van der Waals surface area contributed by atoms with Gasteiger partial charge in [0, 0.05) is 12.1 Å². The summed E-state index contributed by atoms with van der Waals surface area (Å²) in [6.45, 7) is 9.45. The maximum Gasteiger partial charge on any atom is 0.279 e. The second kappa shape index (κ2) is 9.21. The van der Waals surface area contributed by atoms with Crippen LogP contribution in [0.15, 0.2) is 18.2 Å². The molecule has 2 fully saturated rings. The van der Waals surface area contributed by atoms with Gasteiger partial charge in [-0.05, 0) is 50.7 Å². The van der Waals surface area contributed by atoms with Crippen molar-refractivity contribution in [3.8, 4) is 0 Å². The quantitative estimate of drug-likeness (QED) is 0.695. The van der Waals surface area contributed by atoms with Gasteiger partial charge in [0.25, 0.3) is 5.91 Å². The first kappa shape index (κ1) is 21.0. The van der Waals surface area contributed by atoms with Crippen molar-refractivity contribution < 1.29 is 14.1 Å². The van der Waals surface area contributed by atoms with Crippen molar-refractivity contribution in [3.63, 3.8) is 0 Å². The average Bonchev–Trinajstić information content (AvgIpc) is 3.18. The van der Waals surface area contributed by atoms with Gasteiger partial charge in [-0.15, -0.1) is 0 Å². The van der Waals surface area contributed by atoms with Gasteiger partial charge in [0.05, 0.1) is 25.6 Å². The van der Waals surface area contributed by atoms with E-state index in [0.717, 1.165) is 60.2 Å². The minimum absolute atomic E-state index is 0.0724. The number of Topliss-reactive ketones (excluding diaryl/α,β-unsaturated/α-hetero) is 1. The summed E-state index contributed by atoms with van der Waals surface area (Å²) in [5.41, 5.74) is 3.13. The Labute approximate surface area is 170 Å². The van der Waals surface area contributed by atoms with Crippen LogP contribution in [0.1, 0.15) is 63.0 Å². The van der Waals surface area contributed by atoms with E-state index in [2.05, 4.69) is 12.2 Å². The highest BCUT2D eigenvalue weighted by Crippen LogP contribution is 2.32. The second-order valence-corrected chi connectivity index (χ2v) is 9.20. The SMILES string of the molecule is CC[N+]1(CC(=O)Nc2c(C)cccc2C)CCCC(C(=O)CC2CCCC2)C1. The predicted octanol–water partition coefficient (Wildman–Crippen LogP) is 4.64. The molecule has 2 atom stereocenters. The normalized spacial score (nSPS) is 25.6. The number of quaternary nitrogens is 1. The molecule has 1 N–H and O–H groups in total. The van der Waals surface area contributed by atoms with Crippen LogP contribution in [0.4, 0.5) is 5.69 Å². The first-order valence-corrected chi connectivity index (χ1v) is 11.2. The first-order valence-electron chi connectivity index (χ1n) is 11.2. The van der Waals surface area contributed by atoms with Crippen LogP contribution < -0.4 is 5.32 Å². The van der Waals surface area contributed by atoms with E-state index in [0.29, 0.717) is 18.2 Å². The standard InChI is InChI=1S/C24H36N2O2/c1-4-26(17-23(28)25-24-18(2)9-7-10-19(24)3)14-8-13-21(16-26)22(27)15-20-11-5-6-12-20/h7,9-10,20-21H,4-6,8,11-17H2,1-3H3/p+1. The van der Waals surface area contributed by atoms with Crippen LogP contribution in [0.3, 0.4) is 0 Å². The van der Waals surface area contributed by atoms with E-state index >= 15 is 0 Å². The molecule has 1 saturated heterocycles. The van der Waals surface area contributed by atoms with Crippen LogP contribution in [-0.4, -0.2) is 42.4 Å². The fourth-order valence-electron chi connectivity index (χ4n) is 5.29. The zero-order valence-corrected chi connectivity index (χ0v) is 17.9. The molecule has 0 spiro atoms. The Morgan fingerprint density at radius 3 is 2.39 bits per heavy atom. The smallest absolute Gasteiger partial charge is 0.279 e. The van der Waals surface area contributed by atoms with E-state index in [-0.39, 0.29) is 11.8 Å². The maximum atomic E-state index is 12.9. The number of amides is 1. The summed E-state index contributed by atoms with van der Waals surface area (Å²) in [4.78, 5) is 25.8. The van der Waals surface area contributed by atoms with Gasteiger partial charge in [-0.2, -0.15) is 0 Å². The number of likely N-dealkylation sites (tertiary alicyclic amines) is 1. The zero-order valence-electron chi connectivity index (χ0n) is 17.9. The molecule has 1 aromatic rings. The Morgan fingerprint density at radius 2 is 1.75 bits per heavy atom. The van der Waals surface area contributed by atoms with Gasteiger partial charge in [-0.25, -0.2) is 0 Å². The summed E-state index contributed by atoms with van der Waals surface area (Å²) in [6.07, 6.45) is 7.85. The number of carbonyl (C=O) groups excluding carboxylic acids is 2. The number of likely N-dealkylation sites (N-methyl/N-ethyl adjacent to an activating group) is 1. The highest BCUT2D eigenvalue weighted by Gasteiger charge is 2.39. The van der Waals surface area contributed by atoms with Crippen molar-refractivity contribution in [2.75, 3.05) is 31.5 Å². The lowest BCUT2D eigenvalue weighted by atomic mass is 9.86. The fourth-order valence-corrected chi connectivity index (χ4v) is 5.29. The van der Waals surface area contributed by atoms with Crippen molar-refractivity contribution in [3.05, 3.63) is 29.3 Å². The summed E-state index contributed by atoms with van der Waals surface area (Å²) >= 11 is 0. The number of ketones is 1. The Balaban J connectivity index is 1.63. The number of piperidine rings is 1. The summed E-state index contributed by atoms with van der Waals surface area (Å²) in [7, 11) is 0. The molecular formula is C24H37N2O2+. The van der Waals surface area contributed by atoms with Crippen molar-refractivity contribution in [2.45, 2.75) is 65.7 Å². The lowest BCUT2D eigenvalue weighted by molar-refractivity contribution is -0.925. The minimum atomic E-state index is 0.0724. The van der Waals surface area contributed by atoms with Crippen LogP contribution in [0, 0.1) is 25.7 Å². The van der Waals surface area contributed by atoms with Crippen LogP contribution in [0.2, 0.25) is 0 Å². The number of aryl methyl sites for hydroxylation is 2. The number of nitrogens with zero attached hydrogens (tertiary/aromatic N) is 1. The summed E-state index contributed by atoms with van der Waals surface area (Å²) in [5, 5.41) is 3.15. The van der Waals surface area contributed by atoms with Crippen LogP contribution in [0.25, 0.3) is 0 Å². The minimum Gasteiger partial charge on any atom is -0.321 e. The molecule has 1 saturated carbocycles. The number of para-hydroxylation sites is 1. The number of nitrogens with one attached hydrogen (secondary N) is 1. The van der Waals surface area contributed by atoms with Crippen LogP contribution >= 0.6 is 0 Å². The lowest BCUT2D eigenvalue weighted by Gasteiger charge is -2.43. The molecule has 1 aliphatic heterocycles. The molecule has 1 heterocycles. The van der Waals surface area contributed by atoms with E-state index in [9.17, 15) is 9.59 Å². The third-order valence-corrected chi connectivity index (χ3v) is 7.11. The van der Waals surface area contributed by atoms with E-state index in [1.54, 1.807) is 0 Å². The largest absolute Gasteiger partial charge is 0.321 e. The Morgan fingerprint density at radius 1 is 1.07 bits per heavy atom. The van der Waals surface area contributed by atoms with E-state index in [4.69, 9.17) is 0 Å². The number of hydrogen-bond acceptors (Lipinski definition) is 2. The number of anilines is 1. The molecule has 1 aliphatic carbocycles. The van der Waals surface area contributed by atoms with Crippen LogP contribution in [0.5, 0.6) is 0 Å². The average molecular weight is 386 g/mol. The molecule has 0 aromatic heterocycles. The van der Waals surface area contributed by atoms with Gasteiger partial charge in [-0.3, -0.25) is 9.59 Å². The number of rotatable bonds is 7. The molecule has 4 nitrogen and oxygen atoms in total. The van der Waals surface area contributed by atoms with Crippen molar-refractivity contribution in [1.29, 1.82) is 0 Å². The Kier molecular flexibility index (Phi) is 6.92. The molecule has 1 amide bonds. The molecular weight excluding hydrogens is 348 g/mol. The topological polar surface area (TPSA) is 46.2 Å². The molecule has 154 valence electrons. The third-order valence-electron chi connectivity index (χ3n) is 7.11. The van der Waals surface area contributed by atoms with Crippen molar-refractivity contribution >= 4 is 17.4 Å². The van der Waals surface area contributed by atoms with Crippen molar-refractivity contribution in [1.82, 2.24) is 0 Å². The highest BCUT2D eigenvalue weighted by molar-refractivity contribution is 5.93. The van der Waals surface area contributed by atoms with Gasteiger partial charge in [0.1, 0.15) is 5.78 Å². The Bertz CT molecular complexity index is 688. The highest BCUT2D eigenvalue weighted by atomic mass is 16.2. The molecule has 0 radical (unpaired) electrons. The molecule has 2 aliphatic rings. The molecule has 0 bridgehead atoms. The second-order valence-electron chi connectivity index (χ2n) is 9.20. The summed E-state index contributed by atoms with van der Waals surface area (Å²) in [6, 6.07) is 6.09. The third kappa shape index (κ3) is 5.02. The molecule has 2 unspecified atom stereocenters. The number of carbonyl (C=O) groups is 2. The molecule has 4 heteroatoms. The lowest BCUT2D eigenvalue weighted by Crippen LogP contribution is -2.58. The number of benzene rings is 1. The first-order chi connectivity index (χ1) is 13.4. The van der Waals surface area contributed by atoms with Gasteiger partial charge < -0.3 is 9.80 Å². The van der Waals surface area contributed by atoms with E-state index in [1.165, 1.54) is 25.7 Å². The Hall–Kier alpha value is -1.68. The summed E-state index contributed by atoms with van der Waals surface area (Å²) in [5.74, 6) is 1.29.